The van der Waals surface area contributed by atoms with E-state index in [9.17, 15) is 9.79 Å². The van der Waals surface area contributed by atoms with Crippen LogP contribution in [0.1, 0.15) is 96.8 Å². The molecule has 0 rings (SSSR count). The minimum atomic E-state index is -4.06. The van der Waals surface area contributed by atoms with Gasteiger partial charge in [-0.1, -0.05) is 90.4 Å². The van der Waals surface area contributed by atoms with Crippen molar-refractivity contribution in [3.63, 3.8) is 0 Å². The van der Waals surface area contributed by atoms with Gasteiger partial charge >= 0.3 is 8.17 Å². The van der Waals surface area contributed by atoms with Crippen molar-refractivity contribution in [1.82, 2.24) is 0 Å². The van der Waals surface area contributed by atoms with Crippen LogP contribution in [-0.4, -0.2) is 68.9 Å². The molecule has 1 unspecified atom stereocenters. The first kappa shape index (κ1) is 32.5. The number of ether oxygens (including phenoxy) is 1. The Hall–Kier alpha value is 0.480. The summed E-state index contributed by atoms with van der Waals surface area (Å²) in [6.45, 7) is 3.93. The Morgan fingerprint density at radius 1 is 0.750 bits per heavy atom. The molecule has 0 radical (unpaired) electrons. The van der Waals surface area contributed by atoms with E-state index in [1.165, 1.54) is 83.5 Å². The van der Waals surface area contributed by atoms with Crippen LogP contribution in [0.2, 0.25) is 0 Å². The van der Waals surface area contributed by atoms with Gasteiger partial charge in [-0.15, -0.1) is 11.6 Å². The molecule has 0 bridgehead atoms. The summed E-state index contributed by atoms with van der Waals surface area (Å²) in [5, 5.41) is -0.468. The molecule has 8 heteroatoms. The van der Waals surface area contributed by atoms with Gasteiger partial charge in [-0.2, -0.15) is 13.9 Å². The Morgan fingerprint density at radius 2 is 1.22 bits per heavy atom. The number of hydrogen-bond acceptors (Lipinski definition) is 5. The maximum Gasteiger partial charge on any atom is 0.377 e. The van der Waals surface area contributed by atoms with E-state index in [4.69, 9.17) is 25.4 Å². The second-order valence-electron chi connectivity index (χ2n) is 9.88. The SMILES string of the molecule is CCCCCCCCCCCCCCCCOC[C@@H](Cl)CO[P+]([O-])(O)OCC[N+](C)(C)C. The zero-order chi connectivity index (χ0) is 24.1. The Bertz CT molecular complexity index is 410. The minimum absolute atomic E-state index is 0.0710. The van der Waals surface area contributed by atoms with Crippen molar-refractivity contribution in [3.8, 4) is 0 Å². The molecule has 2 atom stereocenters. The molecule has 0 aliphatic heterocycles. The van der Waals surface area contributed by atoms with Crippen LogP contribution in [-0.2, 0) is 13.8 Å². The maximum atomic E-state index is 11.8. The van der Waals surface area contributed by atoms with Gasteiger partial charge in [-0.05, 0) is 6.42 Å². The van der Waals surface area contributed by atoms with Crippen LogP contribution in [0.5, 0.6) is 0 Å². The summed E-state index contributed by atoms with van der Waals surface area (Å²) in [6.07, 6.45) is 18.6. The highest BCUT2D eigenvalue weighted by atomic mass is 35.5. The third-order valence-corrected chi connectivity index (χ3v) is 6.61. The predicted octanol–water partition coefficient (Wildman–Crippen LogP) is 5.86. The Kier molecular flexibility index (Phi) is 21.1. The van der Waals surface area contributed by atoms with Crippen LogP contribution in [0.25, 0.3) is 0 Å². The van der Waals surface area contributed by atoms with Gasteiger partial charge < -0.3 is 14.1 Å². The third kappa shape index (κ3) is 25.1. The van der Waals surface area contributed by atoms with E-state index in [1.807, 2.05) is 21.1 Å². The topological polar surface area (TPSA) is 71.0 Å². The van der Waals surface area contributed by atoms with Crippen LogP contribution in [0.4, 0.5) is 0 Å². The van der Waals surface area contributed by atoms with Crippen molar-refractivity contribution < 1.29 is 28.1 Å². The highest BCUT2D eigenvalue weighted by molar-refractivity contribution is 7.52. The molecule has 1 N–H and O–H groups in total. The van der Waals surface area contributed by atoms with Crippen molar-refractivity contribution in [2.75, 3.05) is 54.1 Å². The molecule has 0 amide bonds. The fraction of sp³-hybridized carbons (Fsp3) is 1.00. The lowest BCUT2D eigenvalue weighted by Gasteiger charge is -2.25. The summed E-state index contributed by atoms with van der Waals surface area (Å²) in [5.41, 5.74) is 0. The predicted molar refractivity (Wildman–Crippen MR) is 135 cm³/mol. The van der Waals surface area contributed by atoms with Gasteiger partial charge in [0.2, 0.25) is 0 Å². The molecule has 0 fully saturated rings. The zero-order valence-electron chi connectivity index (χ0n) is 21.4. The third-order valence-electron chi connectivity index (χ3n) is 5.38. The summed E-state index contributed by atoms with van der Waals surface area (Å²) in [5.74, 6) is 0. The van der Waals surface area contributed by atoms with Crippen molar-refractivity contribution in [3.05, 3.63) is 0 Å². The van der Waals surface area contributed by atoms with Gasteiger partial charge in [0.05, 0.1) is 33.1 Å². The Morgan fingerprint density at radius 3 is 1.69 bits per heavy atom. The average molecular weight is 501 g/mol. The molecule has 0 aliphatic carbocycles. The molecule has 194 valence electrons. The number of nitrogens with zero attached hydrogens (tertiary/aromatic N) is 1. The molecule has 0 saturated heterocycles. The van der Waals surface area contributed by atoms with Gasteiger partial charge in [0.15, 0.2) is 0 Å². The second kappa shape index (κ2) is 20.8. The van der Waals surface area contributed by atoms with Gasteiger partial charge in [-0.25, -0.2) is 0 Å². The molecule has 0 aromatic carbocycles. The van der Waals surface area contributed by atoms with Crippen LogP contribution in [0.15, 0.2) is 0 Å². The van der Waals surface area contributed by atoms with Gasteiger partial charge in [0.25, 0.3) is 0 Å². The summed E-state index contributed by atoms with van der Waals surface area (Å²) in [6, 6.07) is 0. The van der Waals surface area contributed by atoms with E-state index >= 15 is 0 Å². The van der Waals surface area contributed by atoms with Crippen LogP contribution in [0.3, 0.4) is 0 Å². The number of rotatable bonds is 24. The number of alkyl halides is 1. The molecule has 0 aromatic heterocycles. The van der Waals surface area contributed by atoms with Gasteiger partial charge in [0, 0.05) is 6.61 Å². The normalized spacial score (nSPS) is 15.1. The van der Waals surface area contributed by atoms with Gasteiger partial charge in [-0.3, -0.25) is 0 Å². The first-order chi connectivity index (χ1) is 15.2. The molecule has 0 heterocycles. The highest BCUT2D eigenvalue weighted by Gasteiger charge is 2.29. The maximum absolute atomic E-state index is 11.8. The fourth-order valence-corrected chi connectivity index (χ4v) is 4.30. The monoisotopic (exact) mass is 500 g/mol. The summed E-state index contributed by atoms with van der Waals surface area (Å²) >= 11 is 6.12. The fourth-order valence-electron chi connectivity index (χ4n) is 3.30. The molecule has 32 heavy (non-hydrogen) atoms. The second-order valence-corrected chi connectivity index (χ2v) is 12.0. The van der Waals surface area contributed by atoms with E-state index < -0.39 is 13.5 Å². The highest BCUT2D eigenvalue weighted by Crippen LogP contribution is 2.47. The van der Waals surface area contributed by atoms with E-state index in [0.29, 0.717) is 24.2 Å². The van der Waals surface area contributed by atoms with E-state index in [2.05, 4.69) is 6.92 Å². The van der Waals surface area contributed by atoms with Crippen molar-refractivity contribution in [2.24, 2.45) is 0 Å². The van der Waals surface area contributed by atoms with Crippen LogP contribution < -0.4 is 4.89 Å². The van der Waals surface area contributed by atoms with Crippen molar-refractivity contribution in [2.45, 2.75) is 102 Å². The number of likely N-dealkylation sites (N-methyl/N-ethyl adjacent to an activating group) is 1. The standard InChI is InChI=1S/C24H51ClNO5P/c1-5-6-7-8-9-10-11-12-13-14-15-16-17-18-20-29-22-24(25)23-31-32(27,28)30-21-19-26(2,3)4/h24H,5-23H2,1-4H3/p+1/t24-/m1/s1. The molecule has 0 aliphatic rings. The summed E-state index contributed by atoms with van der Waals surface area (Å²) < 4.78 is 16.1. The number of hydrogen-bond donors (Lipinski definition) is 1. The number of quaternary nitrogens is 1. The molecule has 0 saturated carbocycles. The largest absolute Gasteiger partial charge is 0.606 e. The zero-order valence-corrected chi connectivity index (χ0v) is 23.0. The molecule has 0 aromatic rings. The minimum Gasteiger partial charge on any atom is -0.606 e. The molecular weight excluding hydrogens is 449 g/mol. The molecule has 0 spiro atoms. The number of unbranched alkanes of at least 4 members (excludes halogenated alkanes) is 13. The summed E-state index contributed by atoms with van der Waals surface area (Å²) in [4.78, 5) is 21.5. The van der Waals surface area contributed by atoms with E-state index in [1.54, 1.807) is 0 Å². The van der Waals surface area contributed by atoms with Crippen molar-refractivity contribution in [1.29, 1.82) is 0 Å². The number of halogens is 1. The Labute approximate surface area is 204 Å². The van der Waals surface area contributed by atoms with Gasteiger partial charge in [0.1, 0.15) is 19.8 Å². The lowest BCUT2D eigenvalue weighted by molar-refractivity contribution is -0.870. The average Bonchev–Trinajstić information content (AvgIpc) is 2.71. The molecular formula is C24H52ClNO5P+. The van der Waals surface area contributed by atoms with Crippen molar-refractivity contribution >= 4 is 19.8 Å². The summed E-state index contributed by atoms with van der Waals surface area (Å²) in [7, 11) is 1.89. The smallest absolute Gasteiger partial charge is 0.377 e. The molecule has 6 nitrogen and oxygen atoms in total. The van der Waals surface area contributed by atoms with E-state index in [0.717, 1.165) is 6.42 Å². The lowest BCUT2D eigenvalue weighted by Crippen LogP contribution is -2.38. The van der Waals surface area contributed by atoms with E-state index in [-0.39, 0.29) is 13.2 Å². The van der Waals surface area contributed by atoms with Crippen LogP contribution >= 0.6 is 19.8 Å². The number of phosphoric acid groups is 1. The van der Waals surface area contributed by atoms with Crippen LogP contribution in [0, 0.1) is 0 Å². The Balaban J connectivity index is 3.39. The quantitative estimate of drug-likeness (QED) is 0.0777. The first-order valence-electron chi connectivity index (χ1n) is 12.8. The first-order valence-corrected chi connectivity index (χ1v) is 14.7. The number of phosphoric ester groups is 1. The lowest BCUT2D eigenvalue weighted by atomic mass is 10.0.